The van der Waals surface area contributed by atoms with Gasteiger partial charge in [0.1, 0.15) is 12.4 Å². The predicted octanol–water partition coefficient (Wildman–Crippen LogP) is 3.83. The molecule has 31 heavy (non-hydrogen) atoms. The minimum atomic E-state index is -0.0937. The number of carbonyl (C=O) groups excluding carboxylic acids is 1. The highest BCUT2D eigenvalue weighted by molar-refractivity contribution is 7.09. The number of aromatic nitrogens is 1. The molecule has 6 nitrogen and oxygen atoms in total. The number of nitrogens with one attached hydrogen (secondary N) is 1. The van der Waals surface area contributed by atoms with Crippen molar-refractivity contribution in [2.75, 3.05) is 32.8 Å². The summed E-state index contributed by atoms with van der Waals surface area (Å²) >= 11 is 1.61. The first-order chi connectivity index (χ1) is 15.2. The molecule has 0 bridgehead atoms. The molecule has 2 heterocycles. The van der Waals surface area contributed by atoms with Gasteiger partial charge >= 0.3 is 0 Å². The van der Waals surface area contributed by atoms with E-state index in [0.717, 1.165) is 54.9 Å². The summed E-state index contributed by atoms with van der Waals surface area (Å²) < 4.78 is 11.2. The maximum absolute atomic E-state index is 13.0. The number of carbonyl (C=O) groups is 1. The Hall–Kier alpha value is -2.74. The molecule has 1 N–H and O–H groups in total. The van der Waals surface area contributed by atoms with E-state index in [2.05, 4.69) is 27.3 Å². The number of morpholine rings is 1. The lowest BCUT2D eigenvalue weighted by Gasteiger charge is -2.31. The molecule has 3 aromatic rings. The molecule has 1 atom stereocenters. The molecule has 0 spiro atoms. The van der Waals surface area contributed by atoms with E-state index in [0.29, 0.717) is 12.2 Å². The number of amides is 1. The van der Waals surface area contributed by atoms with Crippen molar-refractivity contribution < 1.29 is 14.3 Å². The second-order valence-electron chi connectivity index (χ2n) is 7.52. The number of thiazole rings is 1. The van der Waals surface area contributed by atoms with Crippen molar-refractivity contribution in [1.82, 2.24) is 15.2 Å². The van der Waals surface area contributed by atoms with Crippen LogP contribution < -0.4 is 10.1 Å². The van der Waals surface area contributed by atoms with Gasteiger partial charge in [0, 0.05) is 30.6 Å². The Kier molecular flexibility index (Phi) is 7.30. The van der Waals surface area contributed by atoms with Gasteiger partial charge in [-0.05, 0) is 36.8 Å². The Morgan fingerprint density at radius 3 is 2.58 bits per heavy atom. The standard InChI is InChI=1S/C24H27N3O3S/c1-18-25-21(17-31-18)16-30-22-9-7-20(8-10-22)24(28)26-23(19-5-3-2-4-6-19)15-27-11-13-29-14-12-27/h2-10,17,23H,11-16H2,1H3,(H,26,28)/t23-/m0/s1. The zero-order chi connectivity index (χ0) is 21.5. The van der Waals surface area contributed by atoms with Gasteiger partial charge < -0.3 is 14.8 Å². The van der Waals surface area contributed by atoms with E-state index in [1.54, 1.807) is 23.5 Å². The highest BCUT2D eigenvalue weighted by Gasteiger charge is 2.20. The molecule has 2 aromatic carbocycles. The third-order valence-corrected chi connectivity index (χ3v) is 6.04. The molecule has 0 saturated carbocycles. The first kappa shape index (κ1) is 21.5. The highest BCUT2D eigenvalue weighted by Crippen LogP contribution is 2.19. The summed E-state index contributed by atoms with van der Waals surface area (Å²) in [5, 5.41) is 6.23. The molecular weight excluding hydrogens is 410 g/mol. The first-order valence-electron chi connectivity index (χ1n) is 10.5. The molecule has 4 rings (SSSR count). The zero-order valence-electron chi connectivity index (χ0n) is 17.6. The van der Waals surface area contributed by atoms with E-state index >= 15 is 0 Å². The summed E-state index contributed by atoms with van der Waals surface area (Å²) in [5.41, 5.74) is 2.62. The number of hydrogen-bond acceptors (Lipinski definition) is 6. The lowest BCUT2D eigenvalue weighted by atomic mass is 10.1. The van der Waals surface area contributed by atoms with Crippen LogP contribution in [-0.4, -0.2) is 48.6 Å². The number of benzene rings is 2. The van der Waals surface area contributed by atoms with Crippen molar-refractivity contribution in [3.05, 3.63) is 81.8 Å². The van der Waals surface area contributed by atoms with Crippen LogP contribution in [0.15, 0.2) is 60.0 Å². The smallest absolute Gasteiger partial charge is 0.251 e. The summed E-state index contributed by atoms with van der Waals surface area (Å²) in [6.07, 6.45) is 0. The molecular formula is C24H27N3O3S. The molecule has 1 aliphatic heterocycles. The lowest BCUT2D eigenvalue weighted by molar-refractivity contribution is 0.0332. The molecule has 1 amide bonds. The maximum Gasteiger partial charge on any atom is 0.251 e. The largest absolute Gasteiger partial charge is 0.487 e. The van der Waals surface area contributed by atoms with E-state index in [1.165, 1.54) is 0 Å². The SMILES string of the molecule is Cc1nc(COc2ccc(C(=O)N[C@@H](CN3CCOCC3)c3ccccc3)cc2)cs1. The molecule has 0 unspecified atom stereocenters. The summed E-state index contributed by atoms with van der Waals surface area (Å²) in [5.74, 6) is 0.624. The van der Waals surface area contributed by atoms with Crippen LogP contribution in [0, 0.1) is 6.92 Å². The van der Waals surface area contributed by atoms with Crippen molar-refractivity contribution in [2.24, 2.45) is 0 Å². The lowest BCUT2D eigenvalue weighted by Crippen LogP contribution is -2.43. The van der Waals surface area contributed by atoms with Gasteiger partial charge in [0.2, 0.25) is 0 Å². The van der Waals surface area contributed by atoms with E-state index in [1.807, 2.05) is 42.6 Å². The fourth-order valence-corrected chi connectivity index (χ4v) is 4.13. The summed E-state index contributed by atoms with van der Waals surface area (Å²) in [6.45, 7) is 6.38. The van der Waals surface area contributed by atoms with Crippen LogP contribution in [0.25, 0.3) is 0 Å². The minimum Gasteiger partial charge on any atom is -0.487 e. The van der Waals surface area contributed by atoms with Gasteiger partial charge in [0.05, 0.1) is 30.0 Å². The van der Waals surface area contributed by atoms with Crippen LogP contribution in [-0.2, 0) is 11.3 Å². The van der Waals surface area contributed by atoms with Gasteiger partial charge in [-0.2, -0.15) is 0 Å². The van der Waals surface area contributed by atoms with Crippen LogP contribution in [0.2, 0.25) is 0 Å². The van der Waals surface area contributed by atoms with Crippen molar-refractivity contribution in [3.8, 4) is 5.75 Å². The van der Waals surface area contributed by atoms with E-state index in [4.69, 9.17) is 9.47 Å². The minimum absolute atomic E-state index is 0.0874. The molecule has 1 aromatic heterocycles. The molecule has 0 aliphatic carbocycles. The Labute approximate surface area is 186 Å². The van der Waals surface area contributed by atoms with Crippen LogP contribution in [0.5, 0.6) is 5.75 Å². The summed E-state index contributed by atoms with van der Waals surface area (Å²) in [6, 6.07) is 17.3. The Bertz CT molecular complexity index is 969. The van der Waals surface area contributed by atoms with Crippen LogP contribution in [0.1, 0.15) is 32.7 Å². The van der Waals surface area contributed by atoms with Gasteiger partial charge in [-0.1, -0.05) is 30.3 Å². The van der Waals surface area contributed by atoms with Gasteiger partial charge in [-0.3, -0.25) is 9.69 Å². The van der Waals surface area contributed by atoms with Crippen LogP contribution >= 0.6 is 11.3 Å². The van der Waals surface area contributed by atoms with Crippen LogP contribution in [0.3, 0.4) is 0 Å². The van der Waals surface area contributed by atoms with E-state index in [9.17, 15) is 4.79 Å². The molecule has 1 fully saturated rings. The van der Waals surface area contributed by atoms with Gasteiger partial charge in [-0.15, -0.1) is 11.3 Å². The number of nitrogens with zero attached hydrogens (tertiary/aromatic N) is 2. The molecule has 162 valence electrons. The summed E-state index contributed by atoms with van der Waals surface area (Å²) in [4.78, 5) is 19.7. The second-order valence-corrected chi connectivity index (χ2v) is 8.58. The molecule has 0 radical (unpaired) electrons. The fraction of sp³-hybridized carbons (Fsp3) is 0.333. The topological polar surface area (TPSA) is 63.7 Å². The quantitative estimate of drug-likeness (QED) is 0.580. The van der Waals surface area contributed by atoms with Gasteiger partial charge in [0.25, 0.3) is 5.91 Å². The van der Waals surface area contributed by atoms with Crippen molar-refractivity contribution >= 4 is 17.2 Å². The first-order valence-corrected chi connectivity index (χ1v) is 11.3. The molecule has 1 saturated heterocycles. The van der Waals surface area contributed by atoms with Crippen molar-refractivity contribution in [3.63, 3.8) is 0 Å². The summed E-state index contributed by atoms with van der Waals surface area (Å²) in [7, 11) is 0. The van der Waals surface area contributed by atoms with Crippen molar-refractivity contribution in [1.29, 1.82) is 0 Å². The average molecular weight is 438 g/mol. The number of ether oxygens (including phenoxy) is 2. The zero-order valence-corrected chi connectivity index (χ0v) is 18.4. The Morgan fingerprint density at radius 1 is 1.16 bits per heavy atom. The Balaban J connectivity index is 1.39. The normalized spacial score (nSPS) is 15.4. The van der Waals surface area contributed by atoms with Crippen molar-refractivity contribution in [2.45, 2.75) is 19.6 Å². The van der Waals surface area contributed by atoms with E-state index < -0.39 is 0 Å². The third-order valence-electron chi connectivity index (χ3n) is 5.22. The van der Waals surface area contributed by atoms with Gasteiger partial charge in [-0.25, -0.2) is 4.98 Å². The van der Waals surface area contributed by atoms with Gasteiger partial charge in [0.15, 0.2) is 0 Å². The van der Waals surface area contributed by atoms with E-state index in [-0.39, 0.29) is 11.9 Å². The maximum atomic E-state index is 13.0. The molecule has 1 aliphatic rings. The highest BCUT2D eigenvalue weighted by atomic mass is 32.1. The second kappa shape index (κ2) is 10.5. The fourth-order valence-electron chi connectivity index (χ4n) is 3.54. The number of rotatable bonds is 8. The molecule has 7 heteroatoms. The third kappa shape index (κ3) is 6.13. The monoisotopic (exact) mass is 437 g/mol. The number of hydrogen-bond donors (Lipinski definition) is 1. The predicted molar refractivity (Wildman–Crippen MR) is 122 cm³/mol. The Morgan fingerprint density at radius 2 is 1.90 bits per heavy atom. The average Bonchev–Trinajstić information content (AvgIpc) is 3.24. The number of aryl methyl sites for hydroxylation is 1. The van der Waals surface area contributed by atoms with Crippen LogP contribution in [0.4, 0.5) is 0 Å².